The Morgan fingerprint density at radius 2 is 2.04 bits per heavy atom. The highest BCUT2D eigenvalue weighted by Gasteiger charge is 2.13. The lowest BCUT2D eigenvalue weighted by atomic mass is 10.1. The first-order chi connectivity index (χ1) is 12.1. The van der Waals surface area contributed by atoms with Gasteiger partial charge in [-0.05, 0) is 29.8 Å². The van der Waals surface area contributed by atoms with Crippen LogP contribution in [0.5, 0.6) is 5.75 Å². The van der Waals surface area contributed by atoms with Gasteiger partial charge in [-0.25, -0.2) is 4.99 Å². The molecule has 0 aliphatic rings. The van der Waals surface area contributed by atoms with E-state index < -0.39 is 0 Å². The average molecular weight is 371 g/mol. The van der Waals surface area contributed by atoms with E-state index in [4.69, 9.17) is 23.2 Å². The molecule has 0 aliphatic heterocycles. The normalized spacial score (nSPS) is 10.9. The molecule has 0 bridgehead atoms. The number of benzene rings is 2. The molecule has 2 aromatic carbocycles. The molecule has 5 nitrogen and oxygen atoms in total. The summed E-state index contributed by atoms with van der Waals surface area (Å²) in [6.07, 6.45) is 1.86. The van der Waals surface area contributed by atoms with Gasteiger partial charge >= 0.3 is 0 Å². The third kappa shape index (κ3) is 3.82. The maximum absolute atomic E-state index is 9.84. The van der Waals surface area contributed by atoms with Gasteiger partial charge in [-0.1, -0.05) is 41.4 Å². The van der Waals surface area contributed by atoms with Crippen molar-refractivity contribution in [2.45, 2.75) is 6.42 Å². The molecule has 0 spiro atoms. The predicted molar refractivity (Wildman–Crippen MR) is 97.9 cm³/mol. The van der Waals surface area contributed by atoms with Gasteiger partial charge in [0.15, 0.2) is 5.82 Å². The van der Waals surface area contributed by atoms with Crippen molar-refractivity contribution in [2.75, 3.05) is 0 Å². The second-order valence-electron chi connectivity index (χ2n) is 5.25. The number of nitrogens with one attached hydrogen (secondary N) is 1. The number of hydrogen-bond donors (Lipinski definition) is 2. The number of rotatable bonds is 4. The van der Waals surface area contributed by atoms with Crippen LogP contribution in [-0.4, -0.2) is 21.5 Å². The van der Waals surface area contributed by atoms with Crippen molar-refractivity contribution < 1.29 is 5.11 Å². The summed E-state index contributed by atoms with van der Waals surface area (Å²) in [5, 5.41) is 27.2. The summed E-state index contributed by atoms with van der Waals surface area (Å²) in [7, 11) is 0. The highest BCUT2D eigenvalue weighted by molar-refractivity contribution is 6.33. The Balaban J connectivity index is 1.90. The summed E-state index contributed by atoms with van der Waals surface area (Å²) in [5.74, 6) is 0.239. The zero-order chi connectivity index (χ0) is 17.8. The van der Waals surface area contributed by atoms with Gasteiger partial charge in [-0.15, -0.1) is 0 Å². The van der Waals surface area contributed by atoms with Crippen LogP contribution in [0.4, 0.5) is 5.82 Å². The molecule has 0 fully saturated rings. The number of aromatic hydroxyl groups is 1. The van der Waals surface area contributed by atoms with Crippen molar-refractivity contribution >= 4 is 35.2 Å². The smallest absolute Gasteiger partial charge is 0.191 e. The van der Waals surface area contributed by atoms with Gasteiger partial charge < -0.3 is 5.11 Å². The summed E-state index contributed by atoms with van der Waals surface area (Å²) in [5.41, 5.74) is 2.29. The molecule has 7 heteroatoms. The predicted octanol–water partition coefficient (Wildman–Crippen LogP) is 4.64. The van der Waals surface area contributed by atoms with E-state index in [1.54, 1.807) is 18.2 Å². The summed E-state index contributed by atoms with van der Waals surface area (Å²) in [4.78, 5) is 4.19. The molecule has 3 rings (SSSR count). The fourth-order valence-corrected chi connectivity index (χ4v) is 2.77. The molecule has 25 heavy (non-hydrogen) atoms. The first-order valence-corrected chi connectivity index (χ1v) is 8.07. The highest BCUT2D eigenvalue weighted by atomic mass is 35.5. The van der Waals surface area contributed by atoms with Gasteiger partial charge in [-0.2, -0.15) is 10.4 Å². The first-order valence-electron chi connectivity index (χ1n) is 7.32. The zero-order valence-corrected chi connectivity index (χ0v) is 14.4. The summed E-state index contributed by atoms with van der Waals surface area (Å²) in [6.45, 7) is 0. The molecular formula is C18H12Cl2N4O. The lowest BCUT2D eigenvalue weighted by Gasteiger charge is -2.01. The van der Waals surface area contributed by atoms with Crippen molar-refractivity contribution in [2.24, 2.45) is 4.99 Å². The lowest BCUT2D eigenvalue weighted by molar-refractivity contribution is 0.474. The first kappa shape index (κ1) is 17.0. The highest BCUT2D eigenvalue weighted by Crippen LogP contribution is 2.26. The van der Waals surface area contributed by atoms with E-state index in [1.165, 1.54) is 12.3 Å². The van der Waals surface area contributed by atoms with Crippen molar-refractivity contribution in [3.8, 4) is 11.8 Å². The van der Waals surface area contributed by atoms with Crippen LogP contribution in [0.2, 0.25) is 10.0 Å². The molecule has 0 saturated heterocycles. The topological polar surface area (TPSA) is 85.1 Å². The van der Waals surface area contributed by atoms with E-state index in [1.807, 2.05) is 18.2 Å². The number of hydrogen-bond acceptors (Lipinski definition) is 4. The van der Waals surface area contributed by atoms with Crippen LogP contribution in [-0.2, 0) is 6.42 Å². The van der Waals surface area contributed by atoms with Crippen LogP contribution in [0, 0.1) is 11.3 Å². The minimum absolute atomic E-state index is 0.00412. The molecule has 0 aliphatic carbocycles. The fourth-order valence-electron chi connectivity index (χ4n) is 2.34. The van der Waals surface area contributed by atoms with Crippen LogP contribution in [0.25, 0.3) is 0 Å². The third-order valence-electron chi connectivity index (χ3n) is 3.55. The number of nitriles is 1. The number of halogens is 2. The molecule has 124 valence electrons. The number of aromatic nitrogens is 2. The zero-order valence-electron chi connectivity index (χ0n) is 12.9. The maximum atomic E-state index is 9.84. The average Bonchev–Trinajstić information content (AvgIpc) is 2.96. The van der Waals surface area contributed by atoms with E-state index in [0.717, 1.165) is 5.56 Å². The van der Waals surface area contributed by atoms with Crippen molar-refractivity contribution in [1.29, 1.82) is 5.26 Å². The minimum atomic E-state index is 0.00412. The molecule has 1 heterocycles. The van der Waals surface area contributed by atoms with Crippen molar-refractivity contribution in [1.82, 2.24) is 10.2 Å². The molecule has 0 unspecified atom stereocenters. The largest absolute Gasteiger partial charge is 0.507 e. The van der Waals surface area contributed by atoms with Gasteiger partial charge in [0.25, 0.3) is 0 Å². The SMILES string of the molecule is N#Cc1c(N=Cc2c(O)cccc2Cl)n[nH]c1Cc1cccc(Cl)c1. The number of H-pyrrole nitrogens is 1. The van der Waals surface area contributed by atoms with Crippen molar-refractivity contribution in [3.05, 3.63) is 74.9 Å². The van der Waals surface area contributed by atoms with E-state index in [9.17, 15) is 10.4 Å². The monoisotopic (exact) mass is 370 g/mol. The Labute approximate surface area is 154 Å². The number of nitrogens with zero attached hydrogens (tertiary/aromatic N) is 3. The Hall–Kier alpha value is -2.81. The Morgan fingerprint density at radius 1 is 1.24 bits per heavy atom. The standard InChI is InChI=1S/C18H12Cl2N4O/c19-12-4-1-3-11(7-12)8-16-13(9-21)18(24-23-16)22-10-14-15(20)5-2-6-17(14)25/h1-7,10,25H,8H2,(H,23,24). The third-order valence-corrected chi connectivity index (χ3v) is 4.11. The van der Waals surface area contributed by atoms with E-state index in [0.29, 0.717) is 33.3 Å². The summed E-state index contributed by atoms with van der Waals surface area (Å²) >= 11 is 12.0. The van der Waals surface area contributed by atoms with E-state index in [2.05, 4.69) is 21.3 Å². The molecule has 0 amide bonds. The van der Waals surface area contributed by atoms with Crippen LogP contribution in [0.1, 0.15) is 22.4 Å². The van der Waals surface area contributed by atoms with Crippen LogP contribution >= 0.6 is 23.2 Å². The number of aromatic amines is 1. The van der Waals surface area contributed by atoms with Gasteiger partial charge in [0.1, 0.15) is 17.4 Å². The van der Waals surface area contributed by atoms with Crippen LogP contribution < -0.4 is 0 Å². The Morgan fingerprint density at radius 3 is 2.76 bits per heavy atom. The quantitative estimate of drug-likeness (QED) is 0.656. The molecule has 0 radical (unpaired) electrons. The molecule has 3 aromatic rings. The van der Waals surface area contributed by atoms with Gasteiger partial charge in [0.2, 0.25) is 0 Å². The van der Waals surface area contributed by atoms with Gasteiger partial charge in [0.05, 0.1) is 16.3 Å². The maximum Gasteiger partial charge on any atom is 0.191 e. The van der Waals surface area contributed by atoms with Gasteiger partial charge in [0, 0.05) is 17.7 Å². The molecule has 1 aromatic heterocycles. The molecule has 0 atom stereocenters. The lowest BCUT2D eigenvalue weighted by Crippen LogP contribution is -1.91. The Kier molecular flexibility index (Phi) is 5.03. The van der Waals surface area contributed by atoms with E-state index in [-0.39, 0.29) is 11.6 Å². The van der Waals surface area contributed by atoms with Crippen molar-refractivity contribution in [3.63, 3.8) is 0 Å². The fraction of sp³-hybridized carbons (Fsp3) is 0.0556. The summed E-state index contributed by atoms with van der Waals surface area (Å²) < 4.78 is 0. The van der Waals surface area contributed by atoms with Crippen LogP contribution in [0.15, 0.2) is 47.5 Å². The minimum Gasteiger partial charge on any atom is -0.507 e. The van der Waals surface area contributed by atoms with E-state index >= 15 is 0 Å². The number of phenols is 1. The number of phenolic OH excluding ortho intramolecular Hbond substituents is 1. The Bertz CT molecular complexity index is 969. The molecule has 2 N–H and O–H groups in total. The van der Waals surface area contributed by atoms with Gasteiger partial charge in [-0.3, -0.25) is 5.10 Å². The second kappa shape index (κ2) is 7.39. The molecular weight excluding hydrogens is 359 g/mol. The molecule has 0 saturated carbocycles. The van der Waals surface area contributed by atoms with Crippen LogP contribution in [0.3, 0.4) is 0 Å². The summed E-state index contributed by atoms with van der Waals surface area (Å²) in [6, 6.07) is 14.3. The second-order valence-corrected chi connectivity index (χ2v) is 6.09. The number of aliphatic imine (C=N–C) groups is 1.